The highest BCUT2D eigenvalue weighted by molar-refractivity contribution is 6.46. The molecule has 6 heteroatoms. The predicted molar refractivity (Wildman–Crippen MR) is 112 cm³/mol. The van der Waals surface area contributed by atoms with E-state index in [0.29, 0.717) is 11.3 Å². The van der Waals surface area contributed by atoms with E-state index >= 15 is 0 Å². The summed E-state index contributed by atoms with van der Waals surface area (Å²) in [5, 5.41) is 11.1. The van der Waals surface area contributed by atoms with E-state index in [-0.39, 0.29) is 17.9 Å². The number of aromatic nitrogens is 1. The third kappa shape index (κ3) is 3.55. The molecule has 30 heavy (non-hydrogen) atoms. The number of hydrogen-bond acceptors (Lipinski definition) is 5. The van der Waals surface area contributed by atoms with E-state index in [1.54, 1.807) is 42.7 Å². The number of pyridine rings is 1. The quantitative estimate of drug-likeness (QED) is 0.401. The first-order valence-corrected chi connectivity index (χ1v) is 9.47. The van der Waals surface area contributed by atoms with Crippen LogP contribution in [0.5, 0.6) is 5.75 Å². The highest BCUT2D eigenvalue weighted by Crippen LogP contribution is 2.40. The molecule has 1 fully saturated rings. The van der Waals surface area contributed by atoms with Crippen molar-refractivity contribution >= 4 is 17.4 Å². The predicted octanol–water partition coefficient (Wildman–Crippen LogP) is 3.71. The molecule has 0 unspecified atom stereocenters. The molecule has 0 spiro atoms. The van der Waals surface area contributed by atoms with Crippen LogP contribution in [0.2, 0.25) is 0 Å². The topological polar surface area (TPSA) is 79.7 Å². The molecule has 2 heterocycles. The zero-order valence-corrected chi connectivity index (χ0v) is 16.4. The molecule has 1 aliphatic heterocycles. The van der Waals surface area contributed by atoms with Crippen molar-refractivity contribution in [3.05, 3.63) is 101 Å². The van der Waals surface area contributed by atoms with Gasteiger partial charge in [0.2, 0.25) is 0 Å². The zero-order chi connectivity index (χ0) is 21.1. The van der Waals surface area contributed by atoms with Gasteiger partial charge in [-0.2, -0.15) is 0 Å². The summed E-state index contributed by atoms with van der Waals surface area (Å²) >= 11 is 0. The van der Waals surface area contributed by atoms with Crippen LogP contribution in [0.4, 0.5) is 0 Å². The van der Waals surface area contributed by atoms with Gasteiger partial charge in [0.05, 0.1) is 18.7 Å². The van der Waals surface area contributed by atoms with Crippen molar-refractivity contribution in [2.45, 2.75) is 12.6 Å². The van der Waals surface area contributed by atoms with Gasteiger partial charge in [-0.05, 0) is 29.3 Å². The van der Waals surface area contributed by atoms with Gasteiger partial charge in [-0.15, -0.1) is 0 Å². The van der Waals surface area contributed by atoms with Crippen LogP contribution in [-0.2, 0) is 16.1 Å². The number of carbonyl (C=O) groups is 2. The molecule has 0 saturated carbocycles. The zero-order valence-electron chi connectivity index (χ0n) is 16.4. The normalized spacial score (nSPS) is 17.9. The molecule has 1 saturated heterocycles. The molecule has 1 aliphatic rings. The smallest absolute Gasteiger partial charge is 0.295 e. The number of nitrogens with zero attached hydrogens (tertiary/aromatic N) is 2. The van der Waals surface area contributed by atoms with E-state index in [9.17, 15) is 14.7 Å². The Kier molecular flexibility index (Phi) is 5.30. The number of aliphatic hydroxyl groups excluding tert-OH is 1. The fraction of sp³-hybridized carbons (Fsp3) is 0.125. The lowest BCUT2D eigenvalue weighted by atomic mass is 9.95. The van der Waals surface area contributed by atoms with E-state index in [2.05, 4.69) is 4.98 Å². The lowest BCUT2D eigenvalue weighted by molar-refractivity contribution is -0.140. The van der Waals surface area contributed by atoms with Crippen molar-refractivity contribution in [3.8, 4) is 5.75 Å². The molecule has 1 N–H and O–H groups in total. The first-order chi connectivity index (χ1) is 14.6. The average Bonchev–Trinajstić information content (AvgIpc) is 3.05. The standard InChI is InChI=1S/C24H20N2O4/c1-30-19-11-5-10-18(13-19)22(27)20-21(17-8-3-2-4-9-17)26(24(29)23(20)28)15-16-7-6-12-25-14-16/h2-14,21,27H,15H2,1H3/b22-20+/t21-/m0/s1. The van der Waals surface area contributed by atoms with Gasteiger partial charge < -0.3 is 14.7 Å². The highest BCUT2D eigenvalue weighted by atomic mass is 16.5. The van der Waals surface area contributed by atoms with Gasteiger partial charge in [0, 0.05) is 24.5 Å². The van der Waals surface area contributed by atoms with Crippen molar-refractivity contribution < 1.29 is 19.4 Å². The molecule has 6 nitrogen and oxygen atoms in total. The van der Waals surface area contributed by atoms with Crippen LogP contribution in [0.15, 0.2) is 84.7 Å². The van der Waals surface area contributed by atoms with Crippen molar-refractivity contribution in [1.29, 1.82) is 0 Å². The van der Waals surface area contributed by atoms with Crippen LogP contribution in [0.3, 0.4) is 0 Å². The number of methoxy groups -OCH3 is 1. The Balaban J connectivity index is 1.85. The Morgan fingerprint density at radius 3 is 2.57 bits per heavy atom. The van der Waals surface area contributed by atoms with Crippen molar-refractivity contribution in [3.63, 3.8) is 0 Å². The minimum Gasteiger partial charge on any atom is -0.507 e. The fourth-order valence-corrected chi connectivity index (χ4v) is 3.64. The van der Waals surface area contributed by atoms with Crippen LogP contribution in [0, 0.1) is 0 Å². The Morgan fingerprint density at radius 1 is 1.07 bits per heavy atom. The van der Waals surface area contributed by atoms with E-state index < -0.39 is 17.7 Å². The summed E-state index contributed by atoms with van der Waals surface area (Å²) < 4.78 is 5.22. The molecule has 4 rings (SSSR count). The van der Waals surface area contributed by atoms with Gasteiger partial charge in [0.25, 0.3) is 11.7 Å². The molecule has 1 aromatic heterocycles. The number of ketones is 1. The SMILES string of the molecule is COc1cccc(/C(O)=C2\C(=O)C(=O)N(Cc3cccnc3)[C@H]2c2ccccc2)c1. The van der Waals surface area contributed by atoms with Crippen LogP contribution < -0.4 is 4.74 Å². The van der Waals surface area contributed by atoms with E-state index in [1.165, 1.54) is 12.0 Å². The molecule has 2 aromatic carbocycles. The summed E-state index contributed by atoms with van der Waals surface area (Å²) in [6, 6.07) is 18.9. The minimum absolute atomic E-state index is 0.0587. The van der Waals surface area contributed by atoms with Gasteiger partial charge in [-0.25, -0.2) is 0 Å². The molecule has 0 radical (unpaired) electrons. The summed E-state index contributed by atoms with van der Waals surface area (Å²) in [5.41, 5.74) is 2.00. The maximum Gasteiger partial charge on any atom is 0.295 e. The van der Waals surface area contributed by atoms with Crippen molar-refractivity contribution in [1.82, 2.24) is 9.88 Å². The average molecular weight is 400 g/mol. The molecule has 1 atom stereocenters. The van der Waals surface area contributed by atoms with Crippen LogP contribution in [0.25, 0.3) is 5.76 Å². The van der Waals surface area contributed by atoms with E-state index in [4.69, 9.17) is 4.74 Å². The second-order valence-corrected chi connectivity index (χ2v) is 6.93. The largest absolute Gasteiger partial charge is 0.507 e. The monoisotopic (exact) mass is 400 g/mol. The van der Waals surface area contributed by atoms with Gasteiger partial charge in [-0.1, -0.05) is 48.5 Å². The Labute approximate surface area is 174 Å². The van der Waals surface area contributed by atoms with Crippen LogP contribution in [-0.4, -0.2) is 33.8 Å². The molecule has 1 amide bonds. The number of aliphatic hydroxyl groups is 1. The Hall–Kier alpha value is -3.93. The molecule has 3 aromatic rings. The number of rotatable bonds is 5. The maximum absolute atomic E-state index is 13.0. The van der Waals surface area contributed by atoms with Crippen LogP contribution >= 0.6 is 0 Å². The molecule has 150 valence electrons. The summed E-state index contributed by atoms with van der Waals surface area (Å²) in [4.78, 5) is 31.5. The molecule has 0 bridgehead atoms. The van der Waals surface area contributed by atoms with E-state index in [1.807, 2.05) is 36.4 Å². The number of benzene rings is 2. The maximum atomic E-state index is 13.0. The second-order valence-electron chi connectivity index (χ2n) is 6.93. The fourth-order valence-electron chi connectivity index (χ4n) is 3.64. The second kappa shape index (κ2) is 8.21. The minimum atomic E-state index is -0.715. The van der Waals surface area contributed by atoms with E-state index in [0.717, 1.165) is 11.1 Å². The molecule has 0 aliphatic carbocycles. The third-order valence-electron chi connectivity index (χ3n) is 5.07. The third-order valence-corrected chi connectivity index (χ3v) is 5.07. The lowest BCUT2D eigenvalue weighted by Gasteiger charge is -2.25. The summed E-state index contributed by atoms with van der Waals surface area (Å²) in [7, 11) is 1.52. The van der Waals surface area contributed by atoms with Gasteiger partial charge >= 0.3 is 0 Å². The Bertz CT molecular complexity index is 1110. The number of likely N-dealkylation sites (tertiary alicyclic amines) is 1. The number of amides is 1. The summed E-state index contributed by atoms with van der Waals surface area (Å²) in [5.74, 6) is -1.06. The van der Waals surface area contributed by atoms with Crippen LogP contribution in [0.1, 0.15) is 22.7 Å². The first kappa shape index (κ1) is 19.4. The summed E-state index contributed by atoms with van der Waals surface area (Å²) in [6.07, 6.45) is 3.30. The number of carbonyl (C=O) groups excluding carboxylic acids is 2. The van der Waals surface area contributed by atoms with Gasteiger partial charge in [0.15, 0.2) is 0 Å². The highest BCUT2D eigenvalue weighted by Gasteiger charge is 2.46. The lowest BCUT2D eigenvalue weighted by Crippen LogP contribution is -2.29. The number of Topliss-reactive ketones (excluding diaryl/α,β-unsaturated/α-hetero) is 1. The van der Waals surface area contributed by atoms with Crippen molar-refractivity contribution in [2.75, 3.05) is 7.11 Å². The number of hydrogen-bond donors (Lipinski definition) is 1. The van der Waals surface area contributed by atoms with Gasteiger partial charge in [0.1, 0.15) is 11.5 Å². The number of ether oxygens (including phenoxy) is 1. The molecular weight excluding hydrogens is 380 g/mol. The molecular formula is C24H20N2O4. The summed E-state index contributed by atoms with van der Waals surface area (Å²) in [6.45, 7) is 0.201. The van der Waals surface area contributed by atoms with Crippen molar-refractivity contribution in [2.24, 2.45) is 0 Å². The van der Waals surface area contributed by atoms with Gasteiger partial charge in [-0.3, -0.25) is 14.6 Å². The first-order valence-electron chi connectivity index (χ1n) is 9.47. The Morgan fingerprint density at radius 2 is 1.87 bits per heavy atom.